The maximum atomic E-state index is 9.69. The third-order valence-corrected chi connectivity index (χ3v) is 5.84. The Labute approximate surface area is 141 Å². The van der Waals surface area contributed by atoms with E-state index in [1.165, 1.54) is 19.3 Å². The molecule has 2 saturated carbocycles. The molecule has 0 spiro atoms. The summed E-state index contributed by atoms with van der Waals surface area (Å²) in [5, 5.41) is 17.8. The third kappa shape index (κ3) is 2.74. The average molecular weight is 327 g/mol. The van der Waals surface area contributed by atoms with Crippen LogP contribution in [0.3, 0.4) is 0 Å². The standard InChI is InChI=1S/C18H21N3OS/c22-17-7-2-1-4-11(17)10-19-21-18(23)20-16-9-12-8-15(16)14-6-3-5-13(12)14/h1-4,6-7,10,12-16,22H,5,8-9H2,(H2,20,21,23)/b19-10-/t12-,13-,14-,15+,16-/m1/s1. The highest BCUT2D eigenvalue weighted by molar-refractivity contribution is 7.80. The van der Waals surface area contributed by atoms with E-state index in [-0.39, 0.29) is 5.75 Å². The van der Waals surface area contributed by atoms with Crippen molar-refractivity contribution in [2.45, 2.75) is 25.3 Å². The number of rotatable bonds is 3. The third-order valence-electron chi connectivity index (χ3n) is 5.63. The van der Waals surface area contributed by atoms with Crippen molar-refractivity contribution in [3.05, 3.63) is 42.0 Å². The molecule has 4 rings (SSSR count). The van der Waals surface area contributed by atoms with Crippen LogP contribution in [0.15, 0.2) is 41.5 Å². The van der Waals surface area contributed by atoms with Gasteiger partial charge in [0.1, 0.15) is 5.75 Å². The van der Waals surface area contributed by atoms with E-state index in [1.54, 1.807) is 24.4 Å². The van der Waals surface area contributed by atoms with Crippen LogP contribution in [0.1, 0.15) is 24.8 Å². The number of nitrogens with one attached hydrogen (secondary N) is 2. The van der Waals surface area contributed by atoms with Crippen LogP contribution in [0.5, 0.6) is 5.75 Å². The predicted octanol–water partition coefficient (Wildman–Crippen LogP) is 2.79. The summed E-state index contributed by atoms with van der Waals surface area (Å²) in [7, 11) is 0. The summed E-state index contributed by atoms with van der Waals surface area (Å²) in [5.74, 6) is 3.41. The zero-order chi connectivity index (χ0) is 15.8. The lowest BCUT2D eigenvalue weighted by Crippen LogP contribution is -2.45. The highest BCUT2D eigenvalue weighted by Crippen LogP contribution is 2.56. The monoisotopic (exact) mass is 327 g/mol. The number of hydrogen-bond acceptors (Lipinski definition) is 3. The average Bonchev–Trinajstić information content (AvgIpc) is 3.21. The molecule has 5 atom stereocenters. The molecular weight excluding hydrogens is 306 g/mol. The van der Waals surface area contributed by atoms with Gasteiger partial charge in [0.15, 0.2) is 5.11 Å². The molecule has 3 aliphatic rings. The van der Waals surface area contributed by atoms with E-state index in [2.05, 4.69) is 28.0 Å². The maximum Gasteiger partial charge on any atom is 0.187 e. The highest BCUT2D eigenvalue weighted by atomic mass is 32.1. The largest absolute Gasteiger partial charge is 0.507 e. The molecule has 23 heavy (non-hydrogen) atoms. The molecule has 3 N–H and O–H groups in total. The van der Waals surface area contributed by atoms with Gasteiger partial charge in [-0.2, -0.15) is 5.10 Å². The van der Waals surface area contributed by atoms with Gasteiger partial charge in [0.25, 0.3) is 0 Å². The Kier molecular flexibility index (Phi) is 3.81. The number of hydrazone groups is 1. The van der Waals surface area contributed by atoms with E-state index in [9.17, 15) is 5.11 Å². The number of nitrogens with zero attached hydrogens (tertiary/aromatic N) is 1. The summed E-state index contributed by atoms with van der Waals surface area (Å²) in [6.45, 7) is 0. The molecule has 2 bridgehead atoms. The van der Waals surface area contributed by atoms with Crippen LogP contribution in [0.2, 0.25) is 0 Å². The second-order valence-corrected chi connectivity index (χ2v) is 7.22. The van der Waals surface area contributed by atoms with Crippen LogP contribution in [0.4, 0.5) is 0 Å². The maximum absolute atomic E-state index is 9.69. The molecule has 0 aromatic heterocycles. The van der Waals surface area contributed by atoms with Crippen molar-refractivity contribution in [2.24, 2.45) is 28.8 Å². The van der Waals surface area contributed by atoms with Crippen LogP contribution < -0.4 is 10.7 Å². The molecule has 4 nitrogen and oxygen atoms in total. The van der Waals surface area contributed by atoms with Gasteiger partial charge in [-0.05, 0) is 67.3 Å². The summed E-state index contributed by atoms with van der Waals surface area (Å²) >= 11 is 5.36. The van der Waals surface area contributed by atoms with Gasteiger partial charge in [-0.1, -0.05) is 24.3 Å². The van der Waals surface area contributed by atoms with Gasteiger partial charge in [0, 0.05) is 11.6 Å². The van der Waals surface area contributed by atoms with E-state index >= 15 is 0 Å². The summed E-state index contributed by atoms with van der Waals surface area (Å²) < 4.78 is 0. The molecule has 3 aliphatic carbocycles. The zero-order valence-electron chi connectivity index (χ0n) is 12.9. The number of aromatic hydroxyl groups is 1. The number of benzene rings is 1. The lowest BCUT2D eigenvalue weighted by Gasteiger charge is -2.32. The Morgan fingerprint density at radius 3 is 3.00 bits per heavy atom. The molecule has 0 unspecified atom stereocenters. The topological polar surface area (TPSA) is 56.7 Å². The van der Waals surface area contributed by atoms with Crippen molar-refractivity contribution in [3.63, 3.8) is 0 Å². The minimum atomic E-state index is 0.212. The van der Waals surface area contributed by atoms with Crippen molar-refractivity contribution in [2.75, 3.05) is 0 Å². The van der Waals surface area contributed by atoms with E-state index in [4.69, 9.17) is 12.2 Å². The summed E-state index contributed by atoms with van der Waals surface area (Å²) in [6, 6.07) is 7.55. The van der Waals surface area contributed by atoms with Crippen molar-refractivity contribution >= 4 is 23.5 Å². The SMILES string of the molecule is Oc1ccccc1/C=N\NC(=S)N[C@@H]1C[C@H]2C[C@H]1[C@@H]1C=CC[C@H]21. The fourth-order valence-corrected chi connectivity index (χ4v) is 4.87. The van der Waals surface area contributed by atoms with Crippen molar-refractivity contribution in [3.8, 4) is 5.75 Å². The fraction of sp³-hybridized carbons (Fsp3) is 0.444. The molecule has 0 amide bonds. The Bertz CT molecular complexity index is 672. The van der Waals surface area contributed by atoms with Gasteiger partial charge < -0.3 is 10.4 Å². The van der Waals surface area contributed by atoms with Gasteiger partial charge in [-0.25, -0.2) is 0 Å². The first-order valence-electron chi connectivity index (χ1n) is 8.26. The van der Waals surface area contributed by atoms with Crippen LogP contribution in [0.25, 0.3) is 0 Å². The van der Waals surface area contributed by atoms with Gasteiger partial charge in [0.05, 0.1) is 6.21 Å². The molecule has 1 aromatic carbocycles. The summed E-state index contributed by atoms with van der Waals surface area (Å²) in [4.78, 5) is 0. The molecule has 120 valence electrons. The number of allylic oxidation sites excluding steroid dienone is 2. The molecule has 0 radical (unpaired) electrons. The molecule has 0 heterocycles. The van der Waals surface area contributed by atoms with Crippen LogP contribution in [0, 0.1) is 23.7 Å². The number of phenolic OH excluding ortho intramolecular Hbond substituents is 1. The zero-order valence-corrected chi connectivity index (χ0v) is 13.7. The molecule has 0 saturated heterocycles. The van der Waals surface area contributed by atoms with Crippen molar-refractivity contribution in [1.82, 2.24) is 10.7 Å². The lowest BCUT2D eigenvalue weighted by atomic mass is 9.79. The number of hydrogen-bond donors (Lipinski definition) is 3. The Hall–Kier alpha value is -1.88. The molecule has 2 fully saturated rings. The molecule has 0 aliphatic heterocycles. The fourth-order valence-electron chi connectivity index (χ4n) is 4.67. The van der Waals surface area contributed by atoms with Crippen molar-refractivity contribution in [1.29, 1.82) is 0 Å². The van der Waals surface area contributed by atoms with E-state index < -0.39 is 0 Å². The number of fused-ring (bicyclic) bond motifs is 5. The Balaban J connectivity index is 1.31. The number of phenols is 1. The summed E-state index contributed by atoms with van der Waals surface area (Å²) in [5.41, 5.74) is 3.53. The predicted molar refractivity (Wildman–Crippen MR) is 95.3 cm³/mol. The molecular formula is C18H21N3OS. The normalized spacial score (nSPS) is 34.0. The first kappa shape index (κ1) is 14.7. The second kappa shape index (κ2) is 5.96. The minimum absolute atomic E-state index is 0.212. The quantitative estimate of drug-likeness (QED) is 0.346. The lowest BCUT2D eigenvalue weighted by molar-refractivity contribution is 0.246. The van der Waals surface area contributed by atoms with Crippen LogP contribution >= 0.6 is 12.2 Å². The second-order valence-electron chi connectivity index (χ2n) is 6.81. The van der Waals surface area contributed by atoms with Crippen LogP contribution in [-0.4, -0.2) is 22.5 Å². The first-order chi connectivity index (χ1) is 11.2. The number of para-hydroxylation sites is 1. The first-order valence-corrected chi connectivity index (χ1v) is 8.67. The van der Waals surface area contributed by atoms with E-state index in [1.807, 2.05) is 6.07 Å². The number of thiocarbonyl (C=S) groups is 1. The van der Waals surface area contributed by atoms with Crippen LogP contribution in [-0.2, 0) is 0 Å². The Morgan fingerprint density at radius 2 is 2.13 bits per heavy atom. The minimum Gasteiger partial charge on any atom is -0.507 e. The van der Waals surface area contributed by atoms with Crippen molar-refractivity contribution < 1.29 is 5.11 Å². The van der Waals surface area contributed by atoms with Gasteiger partial charge in [0.2, 0.25) is 0 Å². The van der Waals surface area contributed by atoms with E-state index in [0.717, 1.165) is 17.8 Å². The molecule has 1 aromatic rings. The summed E-state index contributed by atoms with van der Waals surface area (Å²) in [6.07, 6.45) is 10.2. The van der Waals surface area contributed by atoms with Gasteiger partial charge in [-0.3, -0.25) is 5.43 Å². The smallest absolute Gasteiger partial charge is 0.187 e. The molecule has 5 heteroatoms. The van der Waals surface area contributed by atoms with Gasteiger partial charge >= 0.3 is 0 Å². The van der Waals surface area contributed by atoms with E-state index in [0.29, 0.717) is 22.6 Å². The van der Waals surface area contributed by atoms with Gasteiger partial charge in [-0.15, -0.1) is 0 Å². The highest BCUT2D eigenvalue weighted by Gasteiger charge is 2.52. The Morgan fingerprint density at radius 1 is 1.26 bits per heavy atom.